The number of alkyl halides is 3. The van der Waals surface area contributed by atoms with Crippen LogP contribution in [0.25, 0.3) is 0 Å². The molecule has 23 heavy (non-hydrogen) atoms. The number of piperidine rings is 1. The van der Waals surface area contributed by atoms with Crippen molar-refractivity contribution in [1.82, 2.24) is 23.0 Å². The molecule has 2 aromatic heterocycles. The summed E-state index contributed by atoms with van der Waals surface area (Å²) in [5.41, 5.74) is -0.800. The molecule has 1 saturated heterocycles. The Labute approximate surface area is 130 Å². The quantitative estimate of drug-likeness (QED) is 0.842. The molecular formula is C12H14F3N5O2S. The van der Waals surface area contributed by atoms with Crippen molar-refractivity contribution in [2.45, 2.75) is 25.1 Å². The third kappa shape index (κ3) is 3.11. The smallest absolute Gasteiger partial charge is 0.269 e. The maximum Gasteiger partial charge on any atom is 0.419 e. The molecule has 0 atom stereocenters. The van der Waals surface area contributed by atoms with Crippen LogP contribution < -0.4 is 0 Å². The lowest BCUT2D eigenvalue weighted by Crippen LogP contribution is -2.41. The average molecular weight is 349 g/mol. The van der Waals surface area contributed by atoms with Gasteiger partial charge in [0, 0.05) is 31.7 Å². The summed E-state index contributed by atoms with van der Waals surface area (Å²) in [6.07, 6.45) is 2.02. The molecule has 11 heteroatoms. The zero-order chi connectivity index (χ0) is 16.7. The number of hydrogen-bond acceptors (Lipinski definition) is 4. The van der Waals surface area contributed by atoms with E-state index >= 15 is 0 Å². The molecule has 3 rings (SSSR count). The van der Waals surface area contributed by atoms with Crippen LogP contribution in [0, 0.1) is 0 Å². The summed E-state index contributed by atoms with van der Waals surface area (Å²) in [4.78, 5) is 3.71. The van der Waals surface area contributed by atoms with Crippen molar-refractivity contribution in [3.63, 3.8) is 0 Å². The average Bonchev–Trinajstić information content (AvgIpc) is 3.18. The van der Waals surface area contributed by atoms with Gasteiger partial charge in [-0.1, -0.05) is 0 Å². The van der Waals surface area contributed by atoms with Crippen LogP contribution in [0.4, 0.5) is 13.2 Å². The topological polar surface area (TPSA) is 73.0 Å². The Hall–Kier alpha value is -1.88. The van der Waals surface area contributed by atoms with E-state index < -0.39 is 21.9 Å². The van der Waals surface area contributed by atoms with Crippen molar-refractivity contribution in [1.29, 1.82) is 0 Å². The highest BCUT2D eigenvalue weighted by Crippen LogP contribution is 2.31. The molecule has 3 heterocycles. The Morgan fingerprint density at radius 3 is 2.43 bits per heavy atom. The highest BCUT2D eigenvalue weighted by molar-refractivity contribution is 7.87. The summed E-state index contributed by atoms with van der Waals surface area (Å²) < 4.78 is 66.0. The fraction of sp³-hybridized carbons (Fsp3) is 0.500. The van der Waals surface area contributed by atoms with Crippen LogP contribution in [0.2, 0.25) is 0 Å². The SMILES string of the molecule is O=S(=O)(N1CCC(n2cc(C(F)(F)F)cn2)CC1)n1ccnc1. The van der Waals surface area contributed by atoms with Crippen LogP contribution in [0.5, 0.6) is 0 Å². The third-order valence-corrected chi connectivity index (χ3v) is 5.57. The second-order valence-electron chi connectivity index (χ2n) is 5.24. The van der Waals surface area contributed by atoms with Gasteiger partial charge in [-0.05, 0) is 12.8 Å². The molecule has 0 unspecified atom stereocenters. The van der Waals surface area contributed by atoms with Gasteiger partial charge >= 0.3 is 16.4 Å². The lowest BCUT2D eigenvalue weighted by atomic mass is 10.1. The molecule has 1 aliphatic heterocycles. The van der Waals surface area contributed by atoms with Crippen molar-refractivity contribution in [3.8, 4) is 0 Å². The standard InChI is InChI=1S/C12H14F3N5O2S/c13-12(14,15)10-7-17-20(8-10)11-1-4-18(5-2-11)23(21,22)19-6-3-16-9-19/h3,6-9,11H,1-2,4-5H2. The van der Waals surface area contributed by atoms with Gasteiger partial charge in [0.1, 0.15) is 6.33 Å². The first kappa shape index (κ1) is 16.0. The van der Waals surface area contributed by atoms with E-state index in [0.717, 1.165) is 16.4 Å². The number of nitrogens with zero attached hydrogens (tertiary/aromatic N) is 5. The molecule has 0 bridgehead atoms. The normalized spacial score (nSPS) is 18.4. The summed E-state index contributed by atoms with van der Waals surface area (Å²) >= 11 is 0. The van der Waals surface area contributed by atoms with Crippen LogP contribution in [0.3, 0.4) is 0 Å². The van der Waals surface area contributed by atoms with E-state index in [1.165, 1.54) is 27.7 Å². The number of hydrogen-bond donors (Lipinski definition) is 0. The molecule has 126 valence electrons. The highest BCUT2D eigenvalue weighted by atomic mass is 32.2. The number of rotatable bonds is 3. The van der Waals surface area contributed by atoms with Gasteiger partial charge in [0.2, 0.25) is 0 Å². The zero-order valence-electron chi connectivity index (χ0n) is 11.9. The van der Waals surface area contributed by atoms with E-state index in [9.17, 15) is 21.6 Å². The first-order valence-electron chi connectivity index (χ1n) is 6.88. The van der Waals surface area contributed by atoms with Crippen LogP contribution in [0.1, 0.15) is 24.4 Å². The maximum absolute atomic E-state index is 12.6. The van der Waals surface area contributed by atoms with Crippen molar-refractivity contribution in [2.24, 2.45) is 0 Å². The fourth-order valence-electron chi connectivity index (χ4n) is 2.54. The lowest BCUT2D eigenvalue weighted by molar-refractivity contribution is -0.137. The Balaban J connectivity index is 1.68. The molecule has 0 spiro atoms. The fourth-order valence-corrected chi connectivity index (χ4v) is 3.86. The molecule has 0 amide bonds. The maximum atomic E-state index is 12.6. The molecule has 0 N–H and O–H groups in total. The minimum atomic E-state index is -4.43. The molecule has 0 aliphatic carbocycles. The van der Waals surface area contributed by atoms with Gasteiger partial charge in [-0.2, -0.15) is 31.0 Å². The highest BCUT2D eigenvalue weighted by Gasteiger charge is 2.34. The summed E-state index contributed by atoms with van der Waals surface area (Å²) in [5, 5.41) is 3.76. The summed E-state index contributed by atoms with van der Waals surface area (Å²) in [5.74, 6) is 0. The van der Waals surface area contributed by atoms with Crippen molar-refractivity contribution in [3.05, 3.63) is 36.7 Å². The lowest BCUT2D eigenvalue weighted by Gasteiger charge is -2.31. The zero-order valence-corrected chi connectivity index (χ0v) is 12.7. The molecular weight excluding hydrogens is 335 g/mol. The van der Waals surface area contributed by atoms with Gasteiger partial charge in [0.15, 0.2) is 0 Å². The minimum Gasteiger partial charge on any atom is -0.269 e. The first-order chi connectivity index (χ1) is 10.8. The Kier molecular flexibility index (Phi) is 3.92. The van der Waals surface area contributed by atoms with E-state index in [2.05, 4.69) is 10.1 Å². The summed E-state index contributed by atoms with van der Waals surface area (Å²) in [7, 11) is -3.66. The van der Waals surface area contributed by atoms with E-state index in [4.69, 9.17) is 0 Å². The van der Waals surface area contributed by atoms with Gasteiger partial charge in [0.05, 0.1) is 17.8 Å². The minimum absolute atomic E-state index is 0.215. The van der Waals surface area contributed by atoms with Crippen LogP contribution >= 0.6 is 0 Å². The second kappa shape index (κ2) is 5.64. The van der Waals surface area contributed by atoms with Crippen LogP contribution in [-0.4, -0.2) is 44.5 Å². The van der Waals surface area contributed by atoms with Gasteiger partial charge in [0.25, 0.3) is 0 Å². The molecule has 1 aliphatic rings. The first-order valence-corrected chi connectivity index (χ1v) is 8.28. The number of imidazole rings is 1. The molecule has 0 aromatic carbocycles. The molecule has 7 nitrogen and oxygen atoms in total. The summed E-state index contributed by atoms with van der Waals surface area (Å²) in [6, 6.07) is -0.250. The molecule has 1 fully saturated rings. The predicted octanol–water partition coefficient (Wildman–Crippen LogP) is 1.53. The van der Waals surface area contributed by atoms with E-state index in [1.54, 1.807) is 0 Å². The van der Waals surface area contributed by atoms with Crippen LogP contribution in [0.15, 0.2) is 31.1 Å². The van der Waals surface area contributed by atoms with E-state index in [0.29, 0.717) is 12.8 Å². The molecule has 2 aromatic rings. The Bertz CT molecular complexity index is 761. The van der Waals surface area contributed by atoms with Crippen molar-refractivity contribution < 1.29 is 21.6 Å². The molecule has 0 radical (unpaired) electrons. The largest absolute Gasteiger partial charge is 0.419 e. The third-order valence-electron chi connectivity index (χ3n) is 3.80. The Morgan fingerprint density at radius 2 is 1.91 bits per heavy atom. The number of aromatic nitrogens is 4. The van der Waals surface area contributed by atoms with Crippen molar-refractivity contribution >= 4 is 10.2 Å². The van der Waals surface area contributed by atoms with Crippen LogP contribution in [-0.2, 0) is 16.4 Å². The van der Waals surface area contributed by atoms with Gasteiger partial charge in [-0.3, -0.25) is 4.68 Å². The number of halogens is 3. The van der Waals surface area contributed by atoms with Gasteiger partial charge < -0.3 is 0 Å². The Morgan fingerprint density at radius 1 is 1.22 bits per heavy atom. The monoisotopic (exact) mass is 349 g/mol. The predicted molar refractivity (Wildman–Crippen MR) is 73.6 cm³/mol. The molecule has 0 saturated carbocycles. The summed E-state index contributed by atoms with van der Waals surface area (Å²) in [6.45, 7) is 0.429. The second-order valence-corrected chi connectivity index (χ2v) is 7.07. The van der Waals surface area contributed by atoms with Crippen molar-refractivity contribution in [2.75, 3.05) is 13.1 Å². The van der Waals surface area contributed by atoms with E-state index in [1.807, 2.05) is 0 Å². The van der Waals surface area contributed by atoms with Gasteiger partial charge in [-0.15, -0.1) is 0 Å². The van der Waals surface area contributed by atoms with E-state index in [-0.39, 0.29) is 19.1 Å². The van der Waals surface area contributed by atoms with Gasteiger partial charge in [-0.25, -0.2) is 8.96 Å².